The van der Waals surface area contributed by atoms with E-state index < -0.39 is 0 Å². The molecular weight excluding hydrogens is 278 g/mol. The number of nitrogens with zero attached hydrogens (tertiary/aromatic N) is 1. The number of nitrogens with one attached hydrogen (secondary N) is 1. The Balaban J connectivity index is 1.62. The molecule has 2 amide bonds. The van der Waals surface area contributed by atoms with Gasteiger partial charge in [-0.2, -0.15) is 0 Å². The highest BCUT2D eigenvalue weighted by molar-refractivity contribution is 6.02. The van der Waals surface area contributed by atoms with Crippen LogP contribution in [0.3, 0.4) is 0 Å². The summed E-state index contributed by atoms with van der Waals surface area (Å²) in [5, 5.41) is 2.77. The fourth-order valence-corrected chi connectivity index (χ4v) is 2.60. The lowest BCUT2D eigenvalue weighted by Gasteiger charge is -2.17. The van der Waals surface area contributed by atoms with Crippen LogP contribution in [0.2, 0.25) is 0 Å². The number of rotatable bonds is 4. The van der Waals surface area contributed by atoms with Crippen LogP contribution in [0.4, 0.5) is 17.1 Å². The Kier molecular flexibility index (Phi) is 3.78. The third-order valence-electron chi connectivity index (χ3n) is 3.72. The van der Waals surface area contributed by atoms with Crippen molar-refractivity contribution in [3.8, 4) is 0 Å². The van der Waals surface area contributed by atoms with Gasteiger partial charge in [0.25, 0.3) is 0 Å². The van der Waals surface area contributed by atoms with Crippen LogP contribution in [0.1, 0.15) is 12.0 Å². The number of nitrogen functional groups attached to an aromatic ring is 1. The van der Waals surface area contributed by atoms with Crippen molar-refractivity contribution in [1.29, 1.82) is 0 Å². The van der Waals surface area contributed by atoms with Gasteiger partial charge in [-0.05, 0) is 23.8 Å². The molecule has 5 heteroatoms. The third kappa shape index (κ3) is 2.79. The lowest BCUT2D eigenvalue weighted by molar-refractivity contribution is -0.117. The van der Waals surface area contributed by atoms with Gasteiger partial charge in [0.15, 0.2) is 0 Å². The molecule has 1 heterocycles. The average Bonchev–Trinajstić information content (AvgIpc) is 2.83. The Hall–Kier alpha value is -2.82. The summed E-state index contributed by atoms with van der Waals surface area (Å²) in [6.07, 6.45) is 0.637. The Morgan fingerprint density at radius 3 is 2.68 bits per heavy atom. The van der Waals surface area contributed by atoms with Crippen molar-refractivity contribution in [2.45, 2.75) is 12.8 Å². The van der Waals surface area contributed by atoms with E-state index in [4.69, 9.17) is 5.73 Å². The number of anilines is 3. The lowest BCUT2D eigenvalue weighted by Crippen LogP contribution is -2.30. The lowest BCUT2D eigenvalue weighted by atomic mass is 10.2. The van der Waals surface area contributed by atoms with E-state index in [1.54, 1.807) is 17.0 Å². The first-order valence-corrected chi connectivity index (χ1v) is 7.18. The monoisotopic (exact) mass is 295 g/mol. The van der Waals surface area contributed by atoms with Crippen molar-refractivity contribution in [3.63, 3.8) is 0 Å². The summed E-state index contributed by atoms with van der Waals surface area (Å²) in [7, 11) is 0. The van der Waals surface area contributed by atoms with Gasteiger partial charge in [-0.25, -0.2) is 0 Å². The highest BCUT2D eigenvalue weighted by Gasteiger charge is 2.26. The van der Waals surface area contributed by atoms with E-state index >= 15 is 0 Å². The quantitative estimate of drug-likeness (QED) is 0.849. The van der Waals surface area contributed by atoms with Crippen LogP contribution in [0.5, 0.6) is 0 Å². The van der Waals surface area contributed by atoms with Crippen molar-refractivity contribution in [1.82, 2.24) is 0 Å². The van der Waals surface area contributed by atoms with Gasteiger partial charge in [-0.15, -0.1) is 0 Å². The number of carbonyl (C=O) groups excluding carboxylic acids is 2. The fourth-order valence-electron chi connectivity index (χ4n) is 2.60. The topological polar surface area (TPSA) is 75.4 Å². The fraction of sp³-hybridized carbons (Fsp3) is 0.176. The average molecular weight is 295 g/mol. The maximum atomic E-state index is 12.0. The zero-order valence-electron chi connectivity index (χ0n) is 12.1. The minimum atomic E-state index is -0.157. The predicted molar refractivity (Wildman–Crippen MR) is 86.6 cm³/mol. The van der Waals surface area contributed by atoms with Crippen LogP contribution in [0.25, 0.3) is 0 Å². The van der Waals surface area contributed by atoms with Gasteiger partial charge in [-0.3, -0.25) is 9.59 Å². The van der Waals surface area contributed by atoms with Gasteiger partial charge in [0.05, 0.1) is 17.8 Å². The van der Waals surface area contributed by atoms with Crippen LogP contribution in [-0.2, 0) is 16.0 Å². The summed E-state index contributed by atoms with van der Waals surface area (Å²) in [6.45, 7) is 0.369. The number of nitrogens with two attached hydrogens (primary N) is 1. The van der Waals surface area contributed by atoms with Gasteiger partial charge in [-0.1, -0.05) is 30.3 Å². The second-order valence-electron chi connectivity index (χ2n) is 5.24. The molecule has 0 atom stereocenters. The number of benzene rings is 2. The maximum Gasteiger partial charge on any atom is 0.231 e. The maximum absolute atomic E-state index is 12.0. The molecule has 22 heavy (non-hydrogen) atoms. The molecule has 112 valence electrons. The Labute approximate surface area is 128 Å². The number of fused-ring (bicyclic) bond motifs is 1. The Morgan fingerprint density at radius 1 is 1.14 bits per heavy atom. The highest BCUT2D eigenvalue weighted by atomic mass is 16.2. The van der Waals surface area contributed by atoms with Crippen molar-refractivity contribution < 1.29 is 9.59 Å². The van der Waals surface area contributed by atoms with Crippen molar-refractivity contribution >= 4 is 28.9 Å². The number of amides is 2. The minimum Gasteiger partial charge on any atom is -0.397 e. The molecule has 1 aliphatic rings. The summed E-state index contributed by atoms with van der Waals surface area (Å²) in [6, 6.07) is 14.8. The van der Waals surface area contributed by atoms with Crippen LogP contribution in [0.15, 0.2) is 48.5 Å². The van der Waals surface area contributed by atoms with E-state index in [2.05, 4.69) is 5.32 Å². The third-order valence-corrected chi connectivity index (χ3v) is 3.72. The van der Waals surface area contributed by atoms with Gasteiger partial charge >= 0.3 is 0 Å². The smallest absolute Gasteiger partial charge is 0.231 e. The second kappa shape index (κ2) is 5.89. The van der Waals surface area contributed by atoms with Gasteiger partial charge in [0.2, 0.25) is 11.8 Å². The number of carbonyl (C=O) groups is 2. The molecule has 0 radical (unpaired) electrons. The molecule has 0 saturated heterocycles. The first kappa shape index (κ1) is 14.1. The second-order valence-corrected chi connectivity index (χ2v) is 5.24. The molecule has 5 nitrogen and oxygen atoms in total. The SMILES string of the molecule is Nc1ccccc1NC(=O)CCN1C(=O)Cc2ccccc21. The van der Waals surface area contributed by atoms with Crippen LogP contribution in [-0.4, -0.2) is 18.4 Å². The summed E-state index contributed by atoms with van der Waals surface area (Å²) >= 11 is 0. The Bertz CT molecular complexity index is 727. The van der Waals surface area contributed by atoms with Gasteiger partial charge in [0, 0.05) is 18.7 Å². The summed E-state index contributed by atoms with van der Waals surface area (Å²) in [5.74, 6) is -0.122. The van der Waals surface area contributed by atoms with Crippen LogP contribution >= 0.6 is 0 Å². The van der Waals surface area contributed by atoms with Crippen molar-refractivity contribution in [2.24, 2.45) is 0 Å². The summed E-state index contributed by atoms with van der Waals surface area (Å²) in [4.78, 5) is 25.7. The molecular formula is C17H17N3O2. The molecule has 0 spiro atoms. The molecule has 0 bridgehead atoms. The first-order valence-electron chi connectivity index (χ1n) is 7.18. The normalized spacial score (nSPS) is 13.1. The zero-order valence-corrected chi connectivity index (χ0v) is 12.1. The van der Waals surface area contributed by atoms with Gasteiger partial charge < -0.3 is 16.0 Å². The summed E-state index contributed by atoms with van der Waals surface area (Å²) < 4.78 is 0. The molecule has 0 aromatic heterocycles. The van der Waals surface area contributed by atoms with E-state index in [-0.39, 0.29) is 18.2 Å². The molecule has 0 aliphatic carbocycles. The Morgan fingerprint density at radius 2 is 1.86 bits per heavy atom. The largest absolute Gasteiger partial charge is 0.397 e. The number of hydrogen-bond acceptors (Lipinski definition) is 3. The van der Waals surface area contributed by atoms with Crippen molar-refractivity contribution in [2.75, 3.05) is 22.5 Å². The molecule has 0 fully saturated rings. The molecule has 0 unspecified atom stereocenters. The van der Waals surface area contributed by atoms with E-state index in [0.717, 1.165) is 11.3 Å². The predicted octanol–water partition coefficient (Wildman–Crippen LogP) is 2.19. The zero-order chi connectivity index (χ0) is 15.5. The molecule has 2 aromatic rings. The minimum absolute atomic E-state index is 0.0354. The molecule has 1 aliphatic heterocycles. The van der Waals surface area contributed by atoms with Crippen LogP contribution < -0.4 is 16.0 Å². The summed E-state index contributed by atoms with van der Waals surface area (Å²) in [5.41, 5.74) is 8.83. The van der Waals surface area contributed by atoms with Gasteiger partial charge in [0.1, 0.15) is 0 Å². The van der Waals surface area contributed by atoms with E-state index in [9.17, 15) is 9.59 Å². The molecule has 3 rings (SSSR count). The number of hydrogen-bond donors (Lipinski definition) is 2. The standard InChI is InChI=1S/C17H17N3O2/c18-13-6-2-3-7-14(13)19-16(21)9-10-20-15-8-4-1-5-12(15)11-17(20)22/h1-8H,9-11,18H2,(H,19,21). The number of para-hydroxylation sites is 3. The van der Waals surface area contributed by atoms with E-state index in [1.165, 1.54) is 0 Å². The molecule has 0 saturated carbocycles. The van der Waals surface area contributed by atoms with E-state index in [1.807, 2.05) is 36.4 Å². The molecule has 2 aromatic carbocycles. The van der Waals surface area contributed by atoms with E-state index in [0.29, 0.717) is 24.3 Å². The van der Waals surface area contributed by atoms with Crippen LogP contribution in [0, 0.1) is 0 Å². The highest BCUT2D eigenvalue weighted by Crippen LogP contribution is 2.28. The van der Waals surface area contributed by atoms with Crippen molar-refractivity contribution in [3.05, 3.63) is 54.1 Å². The first-order chi connectivity index (χ1) is 10.6. The molecule has 3 N–H and O–H groups in total.